The topological polar surface area (TPSA) is 355 Å². The van der Waals surface area contributed by atoms with E-state index >= 15 is 0 Å². The highest BCUT2D eigenvalue weighted by Gasteiger charge is 2.68. The molecule has 0 bridgehead atoms. The third kappa shape index (κ3) is 10.5. The number of aliphatic hydroxyl groups is 13. The summed E-state index contributed by atoms with van der Waals surface area (Å²) in [6.07, 6.45) is -21.5. The Hall–Kier alpha value is -1.18. The first-order chi connectivity index (χ1) is 35.6. The number of fused-ring (bicyclic) bond motifs is 7. The van der Waals surface area contributed by atoms with Crippen molar-refractivity contribution in [2.75, 3.05) is 33.5 Å². The third-order valence-corrected chi connectivity index (χ3v) is 19.8. The molecule has 4 aliphatic carbocycles. The Balaban J connectivity index is 0.871. The first-order valence-electron chi connectivity index (χ1n) is 27.3. The zero-order valence-electron chi connectivity index (χ0n) is 43.8. The van der Waals surface area contributed by atoms with Gasteiger partial charge in [0.25, 0.3) is 0 Å². The van der Waals surface area contributed by atoms with Crippen molar-refractivity contribution in [2.24, 2.45) is 46.3 Å². The van der Waals surface area contributed by atoms with Gasteiger partial charge >= 0.3 is 0 Å². The molecule has 5 aliphatic heterocycles. The summed E-state index contributed by atoms with van der Waals surface area (Å²) in [6, 6.07) is 0. The van der Waals surface area contributed by atoms with Gasteiger partial charge in [-0.2, -0.15) is 0 Å². The summed E-state index contributed by atoms with van der Waals surface area (Å²) in [5.74, 6) is 0.765. The van der Waals surface area contributed by atoms with Crippen molar-refractivity contribution in [2.45, 2.75) is 233 Å². The molecule has 3 saturated carbocycles. The molecule has 0 aromatic heterocycles. The van der Waals surface area contributed by atoms with Crippen LogP contribution in [0.15, 0.2) is 11.6 Å². The molecule has 432 valence electrons. The number of rotatable bonds is 16. The van der Waals surface area contributed by atoms with Crippen molar-refractivity contribution < 1.29 is 114 Å². The molecule has 9 rings (SSSR count). The molecule has 0 radical (unpaired) electrons. The second-order valence-corrected chi connectivity index (χ2v) is 24.0. The highest BCUT2D eigenvalue weighted by atomic mass is 16.8. The Kier molecular flexibility index (Phi) is 17.9. The van der Waals surface area contributed by atoms with Crippen LogP contribution in [0.4, 0.5) is 0 Å². The normalized spacial score (nSPS) is 54.3. The van der Waals surface area contributed by atoms with Gasteiger partial charge in [0.2, 0.25) is 0 Å². The van der Waals surface area contributed by atoms with Crippen LogP contribution in [-0.2, 0) is 47.4 Å². The molecule has 23 heteroatoms. The van der Waals surface area contributed by atoms with Crippen LogP contribution in [0.1, 0.15) is 92.4 Å². The minimum Gasteiger partial charge on any atom is -0.394 e. The summed E-state index contributed by atoms with van der Waals surface area (Å²) >= 11 is 0. The van der Waals surface area contributed by atoms with E-state index in [1.54, 1.807) is 7.11 Å². The minimum atomic E-state index is -1.88. The van der Waals surface area contributed by atoms with Crippen molar-refractivity contribution in [1.29, 1.82) is 0 Å². The lowest BCUT2D eigenvalue weighted by molar-refractivity contribution is -0.394. The smallest absolute Gasteiger partial charge is 0.187 e. The average molecular weight is 1080 g/mol. The first kappa shape index (κ1) is 58.5. The molecular formula is C52H86O23. The molecule has 0 aromatic rings. The number of aliphatic hydroxyl groups excluding tert-OH is 13. The van der Waals surface area contributed by atoms with E-state index in [4.69, 9.17) is 47.4 Å². The molecule has 5 heterocycles. The third-order valence-electron chi connectivity index (χ3n) is 19.8. The highest BCUT2D eigenvalue weighted by molar-refractivity contribution is 5.26. The van der Waals surface area contributed by atoms with Crippen LogP contribution < -0.4 is 0 Å². The number of methoxy groups -OCH3 is 1. The van der Waals surface area contributed by atoms with Gasteiger partial charge < -0.3 is 114 Å². The summed E-state index contributed by atoms with van der Waals surface area (Å²) < 4.78 is 61.6. The summed E-state index contributed by atoms with van der Waals surface area (Å²) in [4.78, 5) is 0. The van der Waals surface area contributed by atoms with Gasteiger partial charge in [-0.15, -0.1) is 0 Å². The lowest BCUT2D eigenvalue weighted by Crippen LogP contribution is -2.67. The van der Waals surface area contributed by atoms with Gasteiger partial charge in [0.05, 0.1) is 44.7 Å². The molecule has 9 aliphatic rings. The van der Waals surface area contributed by atoms with Crippen molar-refractivity contribution in [3.05, 3.63) is 11.6 Å². The maximum atomic E-state index is 11.6. The zero-order valence-corrected chi connectivity index (χ0v) is 43.8. The molecule has 13 N–H and O–H groups in total. The Morgan fingerprint density at radius 3 is 1.85 bits per heavy atom. The van der Waals surface area contributed by atoms with E-state index in [2.05, 4.69) is 26.8 Å². The van der Waals surface area contributed by atoms with Gasteiger partial charge in [-0.25, -0.2) is 0 Å². The van der Waals surface area contributed by atoms with Crippen LogP contribution in [0.25, 0.3) is 0 Å². The van der Waals surface area contributed by atoms with Crippen LogP contribution in [-0.4, -0.2) is 241 Å². The average Bonchev–Trinajstić information content (AvgIpc) is 3.92. The minimum absolute atomic E-state index is 0.00228. The van der Waals surface area contributed by atoms with E-state index in [1.165, 1.54) is 12.5 Å². The molecule has 0 amide bonds. The Morgan fingerprint density at radius 1 is 0.640 bits per heavy atom. The van der Waals surface area contributed by atoms with Crippen LogP contribution in [0, 0.1) is 46.3 Å². The zero-order chi connectivity index (χ0) is 54.2. The first-order valence-corrected chi connectivity index (χ1v) is 27.3. The summed E-state index contributed by atoms with van der Waals surface area (Å²) in [7, 11) is 1.71. The number of ether oxygens (including phenoxy) is 10. The van der Waals surface area contributed by atoms with E-state index in [1.807, 2.05) is 6.92 Å². The van der Waals surface area contributed by atoms with Crippen LogP contribution in [0.3, 0.4) is 0 Å². The molecule has 0 aromatic carbocycles. The highest BCUT2D eigenvalue weighted by Crippen LogP contribution is 2.70. The SMILES string of the molecule is COC1(CC[C@@H](C)CO[C@@H]2O[C@H](CO)[C@@H](O)[C@H](O)[C@H]2O)O[C@H]2C[C@H]3[C@@H]4CC=C5C[C@@H](O[C@@H]6O[C@H](CO)[C@@H](O)[C@H](O[C@@H]7O[C@H](CO)[C@@H](O)[C@H](O)[C@H]7O)[C@H]6O[C@@H]6O[C@@H](C)[C@H](O)[C@@H](O)[C@H]6O)CC[C@]5(C)[C@H]4CC[C@]3(C)[C@H]2[C@@H]1C. The van der Waals surface area contributed by atoms with Crippen molar-refractivity contribution in [3.8, 4) is 0 Å². The van der Waals surface area contributed by atoms with Crippen LogP contribution in [0.2, 0.25) is 0 Å². The van der Waals surface area contributed by atoms with Gasteiger partial charge in [0.15, 0.2) is 30.9 Å². The van der Waals surface area contributed by atoms with Gasteiger partial charge in [0.1, 0.15) is 91.6 Å². The van der Waals surface area contributed by atoms with Crippen molar-refractivity contribution in [3.63, 3.8) is 0 Å². The lowest BCUT2D eigenvalue weighted by atomic mass is 9.47. The maximum absolute atomic E-state index is 11.6. The maximum Gasteiger partial charge on any atom is 0.187 e. The summed E-state index contributed by atoms with van der Waals surface area (Å²) in [5.41, 5.74) is 1.11. The fourth-order valence-electron chi connectivity index (χ4n) is 15.3. The molecule has 0 spiro atoms. The monoisotopic (exact) mass is 1080 g/mol. The molecule has 8 fully saturated rings. The molecule has 75 heavy (non-hydrogen) atoms. The van der Waals surface area contributed by atoms with Crippen LogP contribution in [0.5, 0.6) is 0 Å². The summed E-state index contributed by atoms with van der Waals surface area (Å²) in [6.45, 7) is 8.74. The number of hydrogen-bond donors (Lipinski definition) is 13. The van der Waals surface area contributed by atoms with Crippen LogP contribution >= 0.6 is 0 Å². The number of hydrogen-bond acceptors (Lipinski definition) is 23. The van der Waals surface area contributed by atoms with Gasteiger partial charge in [-0.3, -0.25) is 0 Å². The predicted molar refractivity (Wildman–Crippen MR) is 255 cm³/mol. The molecule has 31 atom stereocenters. The summed E-state index contributed by atoms with van der Waals surface area (Å²) in [5, 5.41) is 137. The van der Waals surface area contributed by atoms with Crippen molar-refractivity contribution >= 4 is 0 Å². The molecule has 23 nitrogen and oxygen atoms in total. The quantitative estimate of drug-likeness (QED) is 0.0720. The van der Waals surface area contributed by atoms with E-state index < -0.39 is 155 Å². The molecule has 1 unspecified atom stereocenters. The predicted octanol–water partition coefficient (Wildman–Crippen LogP) is -2.35. The molecular weight excluding hydrogens is 993 g/mol. The largest absolute Gasteiger partial charge is 0.394 e. The van der Waals surface area contributed by atoms with E-state index in [-0.39, 0.29) is 41.3 Å². The Labute approximate surface area is 437 Å². The van der Waals surface area contributed by atoms with E-state index in [0.29, 0.717) is 43.4 Å². The van der Waals surface area contributed by atoms with E-state index in [0.717, 1.165) is 32.1 Å². The van der Waals surface area contributed by atoms with Gasteiger partial charge in [-0.1, -0.05) is 39.3 Å². The Morgan fingerprint density at radius 2 is 1.21 bits per heavy atom. The standard InChI is InChI=1S/C52H86O23/c1-21(20-67-46-41(63)39(61)35(57)30(17-53)70-46)9-14-52(66-6)22(2)33-29(75-52)16-28-26-8-7-24-15-25(10-12-50(24,4)27(26)11-13-51(28,33)5)69-49-45(74-47-42(64)38(60)34(56)23(3)68-47)44(37(59)32(19-55)72-49)73-48-43(65)40(62)36(58)31(18-54)71-48/h7,21-23,25-49,53-65H,8-20H2,1-6H3/t21-,22+,23+,25+,26-,27+,28+,29+,30-,31-,32-,33+,34+,35-,36-,37-,38-,39+,40+,41-,42-,43-,44+,45-,46-,47+,48+,49-,50+,51+,52?/m1/s1. The number of allylic oxidation sites excluding steroid dienone is 1. The second kappa shape index (κ2) is 23.0. The van der Waals surface area contributed by atoms with Gasteiger partial charge in [-0.05, 0) is 98.7 Å². The van der Waals surface area contributed by atoms with Crippen molar-refractivity contribution in [1.82, 2.24) is 0 Å². The molecule has 5 saturated heterocycles. The second-order valence-electron chi connectivity index (χ2n) is 24.0. The fourth-order valence-corrected chi connectivity index (χ4v) is 15.3. The Bertz CT molecular complexity index is 1930. The van der Waals surface area contributed by atoms with Gasteiger partial charge in [0, 0.05) is 19.4 Å². The fraction of sp³-hybridized carbons (Fsp3) is 0.962. The van der Waals surface area contributed by atoms with E-state index in [9.17, 15) is 66.4 Å². The lowest BCUT2D eigenvalue weighted by Gasteiger charge is -2.58.